The van der Waals surface area contributed by atoms with Gasteiger partial charge in [-0.25, -0.2) is 4.79 Å². The van der Waals surface area contributed by atoms with Crippen molar-refractivity contribution in [2.24, 2.45) is 5.92 Å². The molecule has 0 aliphatic heterocycles. The first kappa shape index (κ1) is 22.9. The number of hydrogen-bond donors (Lipinski definition) is 2. The summed E-state index contributed by atoms with van der Waals surface area (Å²) in [6.07, 6.45) is 0.707. The van der Waals surface area contributed by atoms with Gasteiger partial charge in [-0.1, -0.05) is 26.3 Å². The van der Waals surface area contributed by atoms with Crippen molar-refractivity contribution in [2.75, 3.05) is 19.0 Å². The quantitative estimate of drug-likeness (QED) is 0.613. The summed E-state index contributed by atoms with van der Waals surface area (Å²) in [5, 5.41) is 5.63. The third-order valence-electron chi connectivity index (χ3n) is 4.78. The summed E-state index contributed by atoms with van der Waals surface area (Å²) >= 11 is 0. The predicted molar refractivity (Wildman–Crippen MR) is 115 cm³/mol. The van der Waals surface area contributed by atoms with E-state index in [1.54, 1.807) is 55.5 Å². The van der Waals surface area contributed by atoms with Crippen LogP contribution >= 0.6 is 0 Å². The number of methoxy groups -OCH3 is 1. The van der Waals surface area contributed by atoms with E-state index in [1.165, 1.54) is 7.11 Å². The first-order valence-corrected chi connectivity index (χ1v) is 9.92. The second kappa shape index (κ2) is 11.0. The van der Waals surface area contributed by atoms with Gasteiger partial charge in [0.05, 0.1) is 19.3 Å². The zero-order valence-corrected chi connectivity index (χ0v) is 17.7. The number of anilines is 1. The number of ether oxygens (including phenoxy) is 2. The highest BCUT2D eigenvalue weighted by molar-refractivity contribution is 6.01. The molecule has 2 unspecified atom stereocenters. The van der Waals surface area contributed by atoms with Crippen LogP contribution in [0.5, 0.6) is 5.75 Å². The average Bonchev–Trinajstić information content (AvgIpc) is 2.77. The smallest absolute Gasteiger partial charge is 0.338 e. The van der Waals surface area contributed by atoms with E-state index in [0.717, 1.165) is 0 Å². The molecule has 0 saturated carbocycles. The highest BCUT2D eigenvalue weighted by atomic mass is 16.5. The Morgan fingerprint density at radius 2 is 1.70 bits per heavy atom. The van der Waals surface area contributed by atoms with Gasteiger partial charge in [0.15, 0.2) is 0 Å². The molecule has 2 aromatic rings. The summed E-state index contributed by atoms with van der Waals surface area (Å²) in [4.78, 5) is 37.3. The van der Waals surface area contributed by atoms with Crippen LogP contribution in [-0.4, -0.2) is 37.5 Å². The minimum absolute atomic E-state index is 0.0848. The first-order chi connectivity index (χ1) is 14.4. The Balaban J connectivity index is 2.11. The van der Waals surface area contributed by atoms with Crippen LogP contribution in [0, 0.1) is 5.92 Å². The van der Waals surface area contributed by atoms with Crippen LogP contribution < -0.4 is 15.4 Å². The molecule has 30 heavy (non-hydrogen) atoms. The van der Waals surface area contributed by atoms with Crippen LogP contribution in [0.15, 0.2) is 48.5 Å². The SMILES string of the molecule is CCOC(=O)c1ccc(NC(=O)C(NC(=O)c2cccc(OC)c2)C(C)CC)cc1. The van der Waals surface area contributed by atoms with Crippen molar-refractivity contribution in [1.82, 2.24) is 5.32 Å². The van der Waals surface area contributed by atoms with Gasteiger partial charge in [0, 0.05) is 11.3 Å². The van der Waals surface area contributed by atoms with E-state index in [-0.39, 0.29) is 17.7 Å². The zero-order chi connectivity index (χ0) is 22.1. The molecule has 0 bridgehead atoms. The highest BCUT2D eigenvalue weighted by Crippen LogP contribution is 2.16. The lowest BCUT2D eigenvalue weighted by Gasteiger charge is -2.23. The van der Waals surface area contributed by atoms with Crippen molar-refractivity contribution < 1.29 is 23.9 Å². The van der Waals surface area contributed by atoms with Crippen LogP contribution in [-0.2, 0) is 9.53 Å². The summed E-state index contributed by atoms with van der Waals surface area (Å²) < 4.78 is 10.1. The fraction of sp³-hybridized carbons (Fsp3) is 0.348. The fourth-order valence-corrected chi connectivity index (χ4v) is 2.81. The Labute approximate surface area is 176 Å². The molecule has 2 rings (SSSR count). The van der Waals surface area contributed by atoms with E-state index in [9.17, 15) is 14.4 Å². The van der Waals surface area contributed by atoms with Crippen molar-refractivity contribution in [1.29, 1.82) is 0 Å². The van der Waals surface area contributed by atoms with E-state index in [0.29, 0.717) is 35.6 Å². The Hall–Kier alpha value is -3.35. The second-order valence-corrected chi connectivity index (χ2v) is 6.86. The third-order valence-corrected chi connectivity index (χ3v) is 4.78. The summed E-state index contributed by atoms with van der Waals surface area (Å²) in [5.74, 6) is -0.623. The molecule has 0 aliphatic rings. The van der Waals surface area contributed by atoms with Crippen LogP contribution in [0.4, 0.5) is 5.69 Å². The standard InChI is InChI=1S/C23H28N2O5/c1-5-15(3)20(25-21(26)17-8-7-9-19(14-17)29-4)22(27)24-18-12-10-16(11-13-18)23(28)30-6-2/h7-15,20H,5-6H2,1-4H3,(H,24,27)(H,25,26). The molecule has 0 fully saturated rings. The minimum atomic E-state index is -0.724. The monoisotopic (exact) mass is 412 g/mol. The number of benzene rings is 2. The van der Waals surface area contributed by atoms with E-state index in [4.69, 9.17) is 9.47 Å². The van der Waals surface area contributed by atoms with Crippen molar-refractivity contribution in [3.63, 3.8) is 0 Å². The molecule has 160 valence electrons. The van der Waals surface area contributed by atoms with Gasteiger partial charge in [0.1, 0.15) is 11.8 Å². The Morgan fingerprint density at radius 1 is 1.00 bits per heavy atom. The number of esters is 1. The maximum Gasteiger partial charge on any atom is 0.338 e. The molecular formula is C23H28N2O5. The summed E-state index contributed by atoms with van der Waals surface area (Å²) in [6.45, 7) is 5.89. The number of amides is 2. The van der Waals surface area contributed by atoms with Gasteiger partial charge >= 0.3 is 5.97 Å². The molecule has 0 spiro atoms. The maximum absolute atomic E-state index is 12.9. The lowest BCUT2D eigenvalue weighted by atomic mass is 9.97. The van der Waals surface area contributed by atoms with E-state index in [1.807, 2.05) is 13.8 Å². The van der Waals surface area contributed by atoms with Gasteiger partial charge in [-0.15, -0.1) is 0 Å². The number of hydrogen-bond acceptors (Lipinski definition) is 5. The van der Waals surface area contributed by atoms with E-state index in [2.05, 4.69) is 10.6 Å². The van der Waals surface area contributed by atoms with Crippen LogP contribution in [0.25, 0.3) is 0 Å². The minimum Gasteiger partial charge on any atom is -0.497 e. The molecule has 2 amide bonds. The zero-order valence-electron chi connectivity index (χ0n) is 17.7. The summed E-state index contributed by atoms with van der Waals surface area (Å²) in [6, 6.07) is 12.4. The van der Waals surface area contributed by atoms with E-state index < -0.39 is 12.0 Å². The maximum atomic E-state index is 12.9. The molecule has 0 aliphatic carbocycles. The largest absolute Gasteiger partial charge is 0.497 e. The molecule has 2 atom stereocenters. The van der Waals surface area contributed by atoms with Gasteiger partial charge in [0.25, 0.3) is 5.91 Å². The number of nitrogens with one attached hydrogen (secondary N) is 2. The predicted octanol–water partition coefficient (Wildman–Crippen LogP) is 3.66. The van der Waals surface area contributed by atoms with Crippen molar-refractivity contribution >= 4 is 23.5 Å². The Bertz CT molecular complexity index is 879. The van der Waals surface area contributed by atoms with Gasteiger partial charge < -0.3 is 20.1 Å². The molecule has 7 nitrogen and oxygen atoms in total. The fourth-order valence-electron chi connectivity index (χ4n) is 2.81. The highest BCUT2D eigenvalue weighted by Gasteiger charge is 2.26. The first-order valence-electron chi connectivity index (χ1n) is 9.92. The molecule has 2 aromatic carbocycles. The van der Waals surface area contributed by atoms with Crippen molar-refractivity contribution in [2.45, 2.75) is 33.2 Å². The third kappa shape index (κ3) is 6.07. The average molecular weight is 412 g/mol. The Morgan fingerprint density at radius 3 is 2.30 bits per heavy atom. The van der Waals surface area contributed by atoms with Crippen LogP contribution in [0.3, 0.4) is 0 Å². The lowest BCUT2D eigenvalue weighted by molar-refractivity contribution is -0.119. The molecule has 0 radical (unpaired) electrons. The molecule has 0 aromatic heterocycles. The Kier molecular flexibility index (Phi) is 8.41. The second-order valence-electron chi connectivity index (χ2n) is 6.86. The van der Waals surface area contributed by atoms with Crippen molar-refractivity contribution in [3.8, 4) is 5.75 Å². The topological polar surface area (TPSA) is 93.7 Å². The van der Waals surface area contributed by atoms with Gasteiger partial charge in [0.2, 0.25) is 5.91 Å². The normalized spacial score (nSPS) is 12.4. The summed E-state index contributed by atoms with van der Waals surface area (Å²) in [7, 11) is 1.53. The summed E-state index contributed by atoms with van der Waals surface area (Å²) in [5.41, 5.74) is 1.34. The molecule has 0 heterocycles. The van der Waals surface area contributed by atoms with Gasteiger partial charge in [-0.2, -0.15) is 0 Å². The van der Waals surface area contributed by atoms with Gasteiger partial charge in [-0.3, -0.25) is 9.59 Å². The number of rotatable bonds is 9. The molecule has 2 N–H and O–H groups in total. The van der Waals surface area contributed by atoms with Crippen molar-refractivity contribution in [3.05, 3.63) is 59.7 Å². The van der Waals surface area contributed by atoms with E-state index >= 15 is 0 Å². The van der Waals surface area contributed by atoms with Crippen LogP contribution in [0.1, 0.15) is 47.9 Å². The molecule has 7 heteroatoms. The molecular weight excluding hydrogens is 384 g/mol. The number of carbonyl (C=O) groups excluding carboxylic acids is 3. The lowest BCUT2D eigenvalue weighted by Crippen LogP contribution is -2.47. The van der Waals surface area contributed by atoms with Crippen LogP contribution in [0.2, 0.25) is 0 Å². The van der Waals surface area contributed by atoms with Gasteiger partial charge in [-0.05, 0) is 55.3 Å². The molecule has 0 saturated heterocycles. The number of carbonyl (C=O) groups is 3.